The number of likely N-dealkylation sites (N-methyl/N-ethyl adjacent to an activating group) is 1. The van der Waals surface area contributed by atoms with E-state index in [1.807, 2.05) is 14.1 Å². The minimum atomic E-state index is -3.64. The van der Waals surface area contributed by atoms with Gasteiger partial charge in [-0.15, -0.1) is 0 Å². The SMILES string of the molecule is CN(C)C1(CNS(=O)(=O)c2cnc(NN)c(Cl)c2)CCC1. The van der Waals surface area contributed by atoms with Crippen LogP contribution in [0, 0.1) is 0 Å². The first kappa shape index (κ1) is 16.4. The minimum absolute atomic E-state index is 0.0275. The second-order valence-corrected chi connectivity index (χ2v) is 7.62. The molecule has 1 aliphatic rings. The molecule has 1 fully saturated rings. The van der Waals surface area contributed by atoms with Crippen LogP contribution >= 0.6 is 11.6 Å². The molecule has 1 aliphatic carbocycles. The highest BCUT2D eigenvalue weighted by atomic mass is 35.5. The summed E-state index contributed by atoms with van der Waals surface area (Å²) >= 11 is 5.91. The molecule has 21 heavy (non-hydrogen) atoms. The van der Waals surface area contributed by atoms with Gasteiger partial charge >= 0.3 is 0 Å². The van der Waals surface area contributed by atoms with Gasteiger partial charge in [-0.2, -0.15) is 0 Å². The van der Waals surface area contributed by atoms with Crippen molar-refractivity contribution in [3.8, 4) is 0 Å². The maximum Gasteiger partial charge on any atom is 0.242 e. The van der Waals surface area contributed by atoms with E-state index in [9.17, 15) is 8.42 Å². The van der Waals surface area contributed by atoms with Crippen LogP contribution in [-0.4, -0.2) is 44.5 Å². The van der Waals surface area contributed by atoms with Crippen LogP contribution in [0.1, 0.15) is 19.3 Å². The fourth-order valence-corrected chi connectivity index (χ4v) is 3.73. The Hall–Kier alpha value is -0.930. The van der Waals surface area contributed by atoms with Gasteiger partial charge in [0, 0.05) is 18.3 Å². The number of sulfonamides is 1. The average Bonchev–Trinajstić information content (AvgIpc) is 2.36. The largest absolute Gasteiger partial charge is 0.307 e. The van der Waals surface area contributed by atoms with E-state index in [1.165, 1.54) is 12.3 Å². The molecule has 118 valence electrons. The van der Waals surface area contributed by atoms with E-state index >= 15 is 0 Å². The quantitative estimate of drug-likeness (QED) is 0.525. The van der Waals surface area contributed by atoms with E-state index in [4.69, 9.17) is 17.4 Å². The number of nitrogens with two attached hydrogens (primary N) is 1. The third-order valence-electron chi connectivity index (χ3n) is 4.09. The second kappa shape index (κ2) is 6.05. The summed E-state index contributed by atoms with van der Waals surface area (Å²) < 4.78 is 27.3. The van der Waals surface area contributed by atoms with Crippen LogP contribution in [0.5, 0.6) is 0 Å². The molecule has 1 heterocycles. The second-order valence-electron chi connectivity index (χ2n) is 5.44. The third-order valence-corrected chi connectivity index (χ3v) is 5.74. The maximum atomic E-state index is 12.3. The van der Waals surface area contributed by atoms with Crippen LogP contribution in [0.4, 0.5) is 5.82 Å². The average molecular weight is 334 g/mol. The summed E-state index contributed by atoms with van der Waals surface area (Å²) in [7, 11) is 0.289. The lowest BCUT2D eigenvalue weighted by Crippen LogP contribution is -2.57. The molecule has 7 nitrogen and oxygen atoms in total. The van der Waals surface area contributed by atoms with E-state index in [0.717, 1.165) is 19.3 Å². The zero-order chi connectivity index (χ0) is 15.7. The number of rotatable bonds is 6. The molecule has 0 amide bonds. The Morgan fingerprint density at radius 2 is 2.14 bits per heavy atom. The fourth-order valence-electron chi connectivity index (χ4n) is 2.35. The fraction of sp³-hybridized carbons (Fsp3) is 0.583. The number of hydrazine groups is 1. The molecule has 0 atom stereocenters. The van der Waals surface area contributed by atoms with Gasteiger partial charge in [-0.25, -0.2) is 24.0 Å². The van der Waals surface area contributed by atoms with Crippen LogP contribution in [0.25, 0.3) is 0 Å². The number of hydrogen-bond donors (Lipinski definition) is 3. The van der Waals surface area contributed by atoms with Crippen molar-refractivity contribution < 1.29 is 8.42 Å². The Labute approximate surface area is 129 Å². The Kier molecular flexibility index (Phi) is 4.74. The van der Waals surface area contributed by atoms with Gasteiger partial charge in [0.1, 0.15) is 4.90 Å². The standard InChI is InChI=1S/C12H20ClN5O2S/c1-18(2)12(4-3-5-12)8-16-21(19,20)9-6-10(13)11(17-14)15-7-9/h6-7,16H,3-5,8,14H2,1-2H3,(H,15,17). The lowest BCUT2D eigenvalue weighted by Gasteiger charge is -2.47. The number of anilines is 1. The van der Waals surface area contributed by atoms with Crippen LogP contribution in [0.15, 0.2) is 17.2 Å². The molecule has 1 aromatic rings. The molecule has 0 unspecified atom stereocenters. The predicted molar refractivity (Wildman–Crippen MR) is 82.5 cm³/mol. The number of nitrogens with one attached hydrogen (secondary N) is 2. The van der Waals surface area contributed by atoms with Crippen molar-refractivity contribution in [2.45, 2.75) is 29.7 Å². The van der Waals surface area contributed by atoms with E-state index in [1.54, 1.807) is 0 Å². The van der Waals surface area contributed by atoms with E-state index in [2.05, 4.69) is 20.0 Å². The zero-order valence-corrected chi connectivity index (χ0v) is 13.6. The molecule has 1 aromatic heterocycles. The summed E-state index contributed by atoms with van der Waals surface area (Å²) in [4.78, 5) is 5.98. The van der Waals surface area contributed by atoms with E-state index < -0.39 is 10.0 Å². The molecule has 2 rings (SSSR count). The Balaban J connectivity index is 2.13. The van der Waals surface area contributed by atoms with Crippen LogP contribution in [-0.2, 0) is 10.0 Å². The number of nitrogen functional groups attached to an aromatic ring is 1. The van der Waals surface area contributed by atoms with Crippen molar-refractivity contribution in [1.82, 2.24) is 14.6 Å². The monoisotopic (exact) mass is 333 g/mol. The van der Waals surface area contributed by atoms with Gasteiger partial charge in [0.2, 0.25) is 10.0 Å². The normalized spacial score (nSPS) is 17.6. The topological polar surface area (TPSA) is 100 Å². The number of hydrogen-bond acceptors (Lipinski definition) is 6. The van der Waals surface area contributed by atoms with Crippen molar-refractivity contribution in [2.75, 3.05) is 26.1 Å². The molecule has 4 N–H and O–H groups in total. The highest BCUT2D eigenvalue weighted by Crippen LogP contribution is 2.35. The first-order valence-corrected chi connectivity index (χ1v) is 8.46. The molecular formula is C12H20ClN5O2S. The predicted octanol–water partition coefficient (Wildman–Crippen LogP) is 0.783. The number of pyridine rings is 1. The number of aromatic nitrogens is 1. The van der Waals surface area contributed by atoms with Crippen molar-refractivity contribution in [3.05, 3.63) is 17.3 Å². The summed E-state index contributed by atoms with van der Waals surface area (Å²) in [6.45, 7) is 0.372. The first-order valence-electron chi connectivity index (χ1n) is 6.60. The van der Waals surface area contributed by atoms with Crippen molar-refractivity contribution in [2.24, 2.45) is 5.84 Å². The van der Waals surface area contributed by atoms with Crippen LogP contribution < -0.4 is 16.0 Å². The summed E-state index contributed by atoms with van der Waals surface area (Å²) in [6, 6.07) is 1.33. The Bertz CT molecular complexity index is 616. The summed E-state index contributed by atoms with van der Waals surface area (Å²) in [5.74, 6) is 5.45. The molecule has 0 radical (unpaired) electrons. The lowest BCUT2D eigenvalue weighted by atomic mass is 9.76. The highest BCUT2D eigenvalue weighted by molar-refractivity contribution is 7.89. The molecule has 0 spiro atoms. The molecule has 1 saturated carbocycles. The van der Waals surface area contributed by atoms with Crippen LogP contribution in [0.3, 0.4) is 0 Å². The zero-order valence-electron chi connectivity index (χ0n) is 12.1. The minimum Gasteiger partial charge on any atom is -0.307 e. The van der Waals surface area contributed by atoms with Gasteiger partial charge < -0.3 is 10.3 Å². The molecule has 9 heteroatoms. The van der Waals surface area contributed by atoms with Crippen LogP contribution in [0.2, 0.25) is 5.02 Å². The van der Waals surface area contributed by atoms with E-state index in [-0.39, 0.29) is 21.3 Å². The summed E-state index contributed by atoms with van der Waals surface area (Å²) in [6.07, 6.45) is 4.31. The van der Waals surface area contributed by atoms with Gasteiger partial charge in [-0.1, -0.05) is 11.6 Å². The van der Waals surface area contributed by atoms with Crippen molar-refractivity contribution >= 4 is 27.4 Å². The maximum absolute atomic E-state index is 12.3. The molecule has 0 aromatic carbocycles. The van der Waals surface area contributed by atoms with Crippen molar-refractivity contribution in [3.63, 3.8) is 0 Å². The van der Waals surface area contributed by atoms with Gasteiger partial charge in [0.15, 0.2) is 5.82 Å². The summed E-state index contributed by atoms with van der Waals surface area (Å²) in [5.41, 5.74) is 2.20. The Morgan fingerprint density at radius 3 is 2.57 bits per heavy atom. The van der Waals surface area contributed by atoms with Gasteiger partial charge in [0.05, 0.1) is 5.02 Å². The third kappa shape index (κ3) is 3.29. The van der Waals surface area contributed by atoms with Crippen molar-refractivity contribution in [1.29, 1.82) is 0 Å². The Morgan fingerprint density at radius 1 is 1.48 bits per heavy atom. The van der Waals surface area contributed by atoms with E-state index in [0.29, 0.717) is 6.54 Å². The smallest absolute Gasteiger partial charge is 0.242 e. The molecular weight excluding hydrogens is 314 g/mol. The molecule has 0 bridgehead atoms. The lowest BCUT2D eigenvalue weighted by molar-refractivity contribution is 0.0657. The molecule has 0 saturated heterocycles. The van der Waals surface area contributed by atoms with Gasteiger partial charge in [-0.3, -0.25) is 0 Å². The number of halogens is 1. The summed E-state index contributed by atoms with van der Waals surface area (Å²) in [5, 5.41) is 0.159. The number of nitrogens with zero attached hydrogens (tertiary/aromatic N) is 2. The van der Waals surface area contributed by atoms with Gasteiger partial charge in [0.25, 0.3) is 0 Å². The molecule has 0 aliphatic heterocycles. The highest BCUT2D eigenvalue weighted by Gasteiger charge is 2.39. The van der Waals surface area contributed by atoms with Gasteiger partial charge in [-0.05, 0) is 39.4 Å². The first-order chi connectivity index (χ1) is 9.81.